The van der Waals surface area contributed by atoms with Crippen molar-refractivity contribution >= 4 is 38.2 Å². The van der Waals surface area contributed by atoms with Crippen LogP contribution in [-0.2, 0) is 0 Å². The molecule has 0 unspecified atom stereocenters. The summed E-state index contributed by atoms with van der Waals surface area (Å²) in [4.78, 5) is 18.4. The third-order valence-corrected chi connectivity index (χ3v) is 6.27. The molecule has 0 aliphatic heterocycles. The largest absolute Gasteiger partial charge is 0.273 e. The van der Waals surface area contributed by atoms with E-state index in [2.05, 4.69) is 34.6 Å². The minimum atomic E-state index is 0.659. The summed E-state index contributed by atoms with van der Waals surface area (Å²) < 4.78 is 5.02. The van der Waals surface area contributed by atoms with Crippen LogP contribution >= 0.6 is 11.3 Å². The van der Waals surface area contributed by atoms with Crippen molar-refractivity contribution in [2.45, 2.75) is 13.8 Å². The number of fused-ring (bicyclic) bond motifs is 4. The Morgan fingerprint density at radius 1 is 0.931 bits per heavy atom. The molecule has 29 heavy (non-hydrogen) atoms. The molecule has 0 aliphatic rings. The number of aryl methyl sites for hydroxylation is 1. The van der Waals surface area contributed by atoms with Gasteiger partial charge in [-0.15, -0.1) is 5.10 Å². The molecule has 0 saturated heterocycles. The van der Waals surface area contributed by atoms with Crippen LogP contribution in [-0.4, -0.2) is 34.1 Å². The lowest BCUT2D eigenvalue weighted by atomic mass is 10.2. The van der Waals surface area contributed by atoms with Gasteiger partial charge in [0.25, 0.3) is 0 Å². The van der Waals surface area contributed by atoms with Crippen LogP contribution in [0.5, 0.6) is 0 Å². The average Bonchev–Trinajstić information content (AvgIpc) is 3.43. The fourth-order valence-electron chi connectivity index (χ4n) is 3.67. The van der Waals surface area contributed by atoms with E-state index in [1.165, 1.54) is 0 Å². The van der Waals surface area contributed by atoms with Crippen LogP contribution in [0.25, 0.3) is 43.4 Å². The van der Waals surface area contributed by atoms with Gasteiger partial charge in [0, 0.05) is 23.7 Å². The Hall–Kier alpha value is -3.65. The van der Waals surface area contributed by atoms with Crippen LogP contribution in [0, 0.1) is 13.8 Å². The van der Waals surface area contributed by atoms with Crippen LogP contribution in [0.15, 0.2) is 55.1 Å². The number of hydrogen-bond acceptors (Lipinski definition) is 6. The first-order valence-electron chi connectivity index (χ1n) is 9.20. The number of hydrogen-bond donors (Lipinski definition) is 0. The molecule has 6 aromatic rings. The zero-order chi connectivity index (χ0) is 19.5. The molecule has 6 rings (SSSR count). The van der Waals surface area contributed by atoms with Crippen LogP contribution in [0.1, 0.15) is 11.3 Å². The number of benzene rings is 1. The highest BCUT2D eigenvalue weighted by Crippen LogP contribution is 2.33. The quantitative estimate of drug-likeness (QED) is 0.434. The number of nitrogens with zero attached hydrogens (tertiary/aromatic N) is 7. The molecule has 0 amide bonds. The molecule has 5 heterocycles. The van der Waals surface area contributed by atoms with Crippen molar-refractivity contribution in [3.63, 3.8) is 0 Å². The van der Waals surface area contributed by atoms with Crippen molar-refractivity contribution in [2.75, 3.05) is 0 Å². The van der Waals surface area contributed by atoms with Gasteiger partial charge < -0.3 is 0 Å². The topological polar surface area (TPSA) is 73.8 Å². The maximum atomic E-state index is 4.83. The number of aromatic nitrogens is 7. The number of para-hydroxylation sites is 1. The van der Waals surface area contributed by atoms with E-state index >= 15 is 0 Å². The third kappa shape index (κ3) is 2.32. The maximum absolute atomic E-state index is 4.83. The van der Waals surface area contributed by atoms with E-state index in [9.17, 15) is 0 Å². The predicted octanol–water partition coefficient (Wildman–Crippen LogP) is 4.36. The van der Waals surface area contributed by atoms with Crippen molar-refractivity contribution in [1.82, 2.24) is 34.1 Å². The van der Waals surface area contributed by atoms with Gasteiger partial charge >= 0.3 is 0 Å². The van der Waals surface area contributed by atoms with E-state index < -0.39 is 0 Å². The molecule has 1 aromatic carbocycles. The van der Waals surface area contributed by atoms with E-state index in [0.29, 0.717) is 5.82 Å². The van der Waals surface area contributed by atoms with Gasteiger partial charge in [-0.2, -0.15) is 0 Å². The highest BCUT2D eigenvalue weighted by molar-refractivity contribution is 7.20. The van der Waals surface area contributed by atoms with Gasteiger partial charge in [-0.1, -0.05) is 23.5 Å². The maximum Gasteiger partial charge on any atom is 0.196 e. The van der Waals surface area contributed by atoms with Crippen molar-refractivity contribution in [3.8, 4) is 16.5 Å². The first kappa shape index (κ1) is 16.3. The second kappa shape index (κ2) is 5.92. The number of thiazole rings is 1. The fourth-order valence-corrected chi connectivity index (χ4v) is 4.69. The Morgan fingerprint density at radius 2 is 1.76 bits per heavy atom. The van der Waals surface area contributed by atoms with Gasteiger partial charge in [-0.05, 0) is 43.7 Å². The standard InChI is InChI=1S/C21H15N7S/c1-12-13(2)28(21-24-15-5-3-4-6-16(15)29-21)19-17(12)20-25-18(26-27(20)11-23-19)14-7-9-22-10-8-14/h3-11H,1-2H3. The monoisotopic (exact) mass is 397 g/mol. The van der Waals surface area contributed by atoms with E-state index in [-0.39, 0.29) is 0 Å². The lowest BCUT2D eigenvalue weighted by Gasteiger charge is -2.02. The Balaban J connectivity index is 1.64. The third-order valence-electron chi connectivity index (χ3n) is 5.25. The van der Waals surface area contributed by atoms with Gasteiger partial charge in [-0.3, -0.25) is 9.55 Å². The molecule has 0 saturated carbocycles. The van der Waals surface area contributed by atoms with E-state index in [4.69, 9.17) is 15.0 Å². The van der Waals surface area contributed by atoms with Crippen LogP contribution in [0.2, 0.25) is 0 Å². The smallest absolute Gasteiger partial charge is 0.196 e. The summed E-state index contributed by atoms with van der Waals surface area (Å²) >= 11 is 1.66. The fraction of sp³-hybridized carbons (Fsp3) is 0.0952. The van der Waals surface area contributed by atoms with Crippen LogP contribution in [0.3, 0.4) is 0 Å². The van der Waals surface area contributed by atoms with Gasteiger partial charge in [0.15, 0.2) is 22.3 Å². The molecule has 0 radical (unpaired) electrons. The summed E-state index contributed by atoms with van der Waals surface area (Å²) in [6.45, 7) is 4.20. The SMILES string of the molecule is Cc1c(C)n(-c2nc3ccccc3s2)c2ncn3nc(-c4ccncc4)nc3c12. The first-order valence-corrected chi connectivity index (χ1v) is 10.0. The highest BCUT2D eigenvalue weighted by Gasteiger charge is 2.21. The molecule has 0 aliphatic carbocycles. The van der Waals surface area contributed by atoms with Crippen LogP contribution < -0.4 is 0 Å². The van der Waals surface area contributed by atoms with Crippen molar-refractivity contribution in [3.05, 3.63) is 66.4 Å². The molecule has 0 spiro atoms. The molecule has 0 fully saturated rings. The molecule has 8 heteroatoms. The number of pyridine rings is 1. The van der Waals surface area contributed by atoms with Crippen molar-refractivity contribution in [2.24, 2.45) is 0 Å². The Bertz CT molecular complexity index is 1490. The predicted molar refractivity (Wildman–Crippen MR) is 113 cm³/mol. The molecular formula is C21H15N7S. The second-order valence-corrected chi connectivity index (χ2v) is 7.90. The molecule has 140 valence electrons. The highest BCUT2D eigenvalue weighted by atomic mass is 32.1. The summed E-state index contributed by atoms with van der Waals surface area (Å²) in [6.07, 6.45) is 5.21. The Kier molecular flexibility index (Phi) is 3.33. The van der Waals surface area contributed by atoms with Gasteiger partial charge in [0.05, 0.1) is 15.6 Å². The Labute approximate surface area is 169 Å². The van der Waals surface area contributed by atoms with Crippen LogP contribution in [0.4, 0.5) is 0 Å². The first-order chi connectivity index (χ1) is 14.2. The summed E-state index contributed by atoms with van der Waals surface area (Å²) in [7, 11) is 0. The normalized spacial score (nSPS) is 11.8. The summed E-state index contributed by atoms with van der Waals surface area (Å²) in [6, 6.07) is 12.0. The molecular weight excluding hydrogens is 382 g/mol. The molecule has 0 atom stereocenters. The zero-order valence-corrected chi connectivity index (χ0v) is 16.6. The lowest BCUT2D eigenvalue weighted by Crippen LogP contribution is -1.98. The molecule has 7 nitrogen and oxygen atoms in total. The van der Waals surface area contributed by atoms with E-state index in [0.717, 1.165) is 48.8 Å². The molecule has 0 N–H and O–H groups in total. The minimum Gasteiger partial charge on any atom is -0.273 e. The summed E-state index contributed by atoms with van der Waals surface area (Å²) in [5, 5.41) is 6.52. The van der Waals surface area contributed by atoms with Gasteiger partial charge in [0.1, 0.15) is 6.33 Å². The second-order valence-electron chi connectivity index (χ2n) is 6.89. The minimum absolute atomic E-state index is 0.659. The summed E-state index contributed by atoms with van der Waals surface area (Å²) in [5.41, 5.74) is 5.80. The molecule has 0 bridgehead atoms. The van der Waals surface area contributed by atoms with Gasteiger partial charge in [-0.25, -0.2) is 19.5 Å². The van der Waals surface area contributed by atoms with E-state index in [1.54, 1.807) is 34.6 Å². The lowest BCUT2D eigenvalue weighted by molar-refractivity contribution is 0.925. The summed E-state index contributed by atoms with van der Waals surface area (Å²) in [5.74, 6) is 0.659. The van der Waals surface area contributed by atoms with Gasteiger partial charge in [0.2, 0.25) is 0 Å². The Morgan fingerprint density at radius 3 is 2.59 bits per heavy atom. The molecule has 5 aromatic heterocycles. The zero-order valence-electron chi connectivity index (χ0n) is 15.7. The van der Waals surface area contributed by atoms with Crippen molar-refractivity contribution in [1.29, 1.82) is 0 Å². The number of rotatable bonds is 2. The average molecular weight is 397 g/mol. The van der Waals surface area contributed by atoms with Crippen molar-refractivity contribution < 1.29 is 0 Å². The van der Waals surface area contributed by atoms with E-state index in [1.807, 2.05) is 30.3 Å².